The van der Waals surface area contributed by atoms with Crippen LogP contribution in [0.3, 0.4) is 0 Å². The quantitative estimate of drug-likeness (QED) is 0.851. The number of methoxy groups -OCH3 is 1. The van der Waals surface area contributed by atoms with Crippen LogP contribution in [-0.4, -0.2) is 41.6 Å². The average Bonchev–Trinajstić information content (AvgIpc) is 2.95. The van der Waals surface area contributed by atoms with Gasteiger partial charge in [-0.1, -0.05) is 12.1 Å². The van der Waals surface area contributed by atoms with Gasteiger partial charge in [-0.25, -0.2) is 4.79 Å². The van der Waals surface area contributed by atoms with E-state index in [-0.39, 0.29) is 5.91 Å². The first-order chi connectivity index (χ1) is 9.61. The Morgan fingerprint density at radius 2 is 2.05 bits per heavy atom. The Hall–Kier alpha value is -2.30. The highest BCUT2D eigenvalue weighted by Crippen LogP contribution is 2.18. The van der Waals surface area contributed by atoms with Crippen LogP contribution in [0.1, 0.15) is 18.4 Å². The monoisotopic (exact) mass is 275 g/mol. The highest BCUT2D eigenvalue weighted by atomic mass is 16.5. The Labute approximate surface area is 117 Å². The number of carboxylic acid groups (broad SMARTS) is 1. The second kappa shape index (κ2) is 6.23. The van der Waals surface area contributed by atoms with Crippen molar-refractivity contribution in [2.75, 3.05) is 13.7 Å². The summed E-state index contributed by atoms with van der Waals surface area (Å²) in [7, 11) is 1.59. The number of benzene rings is 1. The van der Waals surface area contributed by atoms with Gasteiger partial charge in [-0.2, -0.15) is 0 Å². The fraction of sp³-hybridized carbons (Fsp3) is 0.333. The van der Waals surface area contributed by atoms with E-state index in [4.69, 9.17) is 9.84 Å². The minimum Gasteiger partial charge on any atom is -0.497 e. The summed E-state index contributed by atoms with van der Waals surface area (Å²) >= 11 is 0. The average molecular weight is 275 g/mol. The summed E-state index contributed by atoms with van der Waals surface area (Å²) in [6.07, 6.45) is 4.36. The number of ether oxygens (including phenoxy) is 1. The number of carbonyl (C=O) groups excluding carboxylic acids is 1. The van der Waals surface area contributed by atoms with E-state index in [9.17, 15) is 9.59 Å². The van der Waals surface area contributed by atoms with Crippen LogP contribution >= 0.6 is 0 Å². The number of carbonyl (C=O) groups is 2. The molecule has 0 radical (unpaired) electrons. The van der Waals surface area contributed by atoms with Gasteiger partial charge >= 0.3 is 5.97 Å². The molecule has 1 aliphatic heterocycles. The number of aliphatic carboxylic acids is 1. The van der Waals surface area contributed by atoms with Crippen molar-refractivity contribution in [2.45, 2.75) is 18.9 Å². The van der Waals surface area contributed by atoms with Crippen molar-refractivity contribution in [3.8, 4) is 5.75 Å². The zero-order valence-corrected chi connectivity index (χ0v) is 11.3. The van der Waals surface area contributed by atoms with Crippen molar-refractivity contribution in [3.05, 3.63) is 35.9 Å². The predicted octanol–water partition coefficient (Wildman–Crippen LogP) is 1.78. The van der Waals surface area contributed by atoms with Gasteiger partial charge in [0.15, 0.2) is 0 Å². The fourth-order valence-electron chi connectivity index (χ4n) is 2.27. The van der Waals surface area contributed by atoms with Crippen molar-refractivity contribution in [1.82, 2.24) is 4.90 Å². The molecule has 5 nitrogen and oxygen atoms in total. The molecule has 1 aliphatic rings. The normalized spacial score (nSPS) is 18.4. The van der Waals surface area contributed by atoms with E-state index in [2.05, 4.69) is 0 Å². The summed E-state index contributed by atoms with van der Waals surface area (Å²) < 4.78 is 5.05. The Morgan fingerprint density at radius 3 is 2.65 bits per heavy atom. The Kier molecular flexibility index (Phi) is 4.40. The van der Waals surface area contributed by atoms with Crippen molar-refractivity contribution < 1.29 is 19.4 Å². The molecule has 1 heterocycles. The lowest BCUT2D eigenvalue weighted by Gasteiger charge is -2.19. The van der Waals surface area contributed by atoms with Crippen LogP contribution in [0.25, 0.3) is 6.08 Å². The number of nitrogens with zero attached hydrogens (tertiary/aromatic N) is 1. The summed E-state index contributed by atoms with van der Waals surface area (Å²) in [4.78, 5) is 24.4. The second-order valence-electron chi connectivity index (χ2n) is 4.63. The van der Waals surface area contributed by atoms with Gasteiger partial charge in [0.25, 0.3) is 0 Å². The molecule has 1 N–H and O–H groups in total. The van der Waals surface area contributed by atoms with Crippen LogP contribution in [0.15, 0.2) is 30.3 Å². The number of hydrogen-bond acceptors (Lipinski definition) is 3. The Bertz CT molecular complexity index is 521. The van der Waals surface area contributed by atoms with E-state index < -0.39 is 12.0 Å². The van der Waals surface area contributed by atoms with Gasteiger partial charge in [0.05, 0.1) is 7.11 Å². The van der Waals surface area contributed by atoms with Gasteiger partial charge in [-0.3, -0.25) is 4.79 Å². The molecule has 0 saturated carbocycles. The third-order valence-corrected chi connectivity index (χ3v) is 3.36. The topological polar surface area (TPSA) is 66.8 Å². The van der Waals surface area contributed by atoms with E-state index in [1.807, 2.05) is 12.1 Å². The van der Waals surface area contributed by atoms with E-state index in [1.165, 1.54) is 11.0 Å². The van der Waals surface area contributed by atoms with Crippen molar-refractivity contribution in [2.24, 2.45) is 0 Å². The first kappa shape index (κ1) is 14.1. The highest BCUT2D eigenvalue weighted by molar-refractivity contribution is 5.94. The molecule has 2 rings (SSSR count). The minimum absolute atomic E-state index is 0.259. The van der Waals surface area contributed by atoms with Crippen LogP contribution < -0.4 is 4.74 Å². The van der Waals surface area contributed by atoms with Crippen LogP contribution in [-0.2, 0) is 9.59 Å². The summed E-state index contributed by atoms with van der Waals surface area (Å²) in [6.45, 7) is 0.503. The molecule has 1 amide bonds. The summed E-state index contributed by atoms with van der Waals surface area (Å²) in [5.74, 6) is -0.446. The molecular formula is C15H17NO4. The maximum atomic E-state index is 12.0. The zero-order valence-electron chi connectivity index (χ0n) is 11.3. The second-order valence-corrected chi connectivity index (χ2v) is 4.63. The molecule has 20 heavy (non-hydrogen) atoms. The molecule has 0 aliphatic carbocycles. The predicted molar refractivity (Wildman–Crippen MR) is 74.4 cm³/mol. The lowest BCUT2D eigenvalue weighted by atomic mass is 10.2. The van der Waals surface area contributed by atoms with Gasteiger partial charge in [0, 0.05) is 12.6 Å². The third-order valence-electron chi connectivity index (χ3n) is 3.36. The van der Waals surface area contributed by atoms with Gasteiger partial charge in [0.1, 0.15) is 11.8 Å². The number of likely N-dealkylation sites (tertiary alicyclic amines) is 1. The van der Waals surface area contributed by atoms with Crippen LogP contribution in [0.5, 0.6) is 5.75 Å². The maximum absolute atomic E-state index is 12.0. The maximum Gasteiger partial charge on any atom is 0.326 e. The lowest BCUT2D eigenvalue weighted by Crippen LogP contribution is -2.39. The molecule has 1 aromatic carbocycles. The SMILES string of the molecule is COc1ccc(C=CC(=O)N2CCC[C@@H]2C(=O)O)cc1. The van der Waals surface area contributed by atoms with Gasteiger partial charge < -0.3 is 14.7 Å². The summed E-state index contributed by atoms with van der Waals surface area (Å²) in [5.41, 5.74) is 0.866. The molecule has 5 heteroatoms. The fourth-order valence-corrected chi connectivity index (χ4v) is 2.27. The molecular weight excluding hydrogens is 258 g/mol. The van der Waals surface area contributed by atoms with E-state index >= 15 is 0 Å². The van der Waals surface area contributed by atoms with Gasteiger partial charge in [0.2, 0.25) is 5.91 Å². The van der Waals surface area contributed by atoms with E-state index in [1.54, 1.807) is 25.3 Å². The van der Waals surface area contributed by atoms with Crippen LogP contribution in [0, 0.1) is 0 Å². The molecule has 0 spiro atoms. The Balaban J connectivity index is 2.02. The molecule has 0 unspecified atom stereocenters. The third kappa shape index (κ3) is 3.17. The molecule has 1 atom stereocenters. The number of rotatable bonds is 4. The van der Waals surface area contributed by atoms with Gasteiger partial charge in [-0.05, 0) is 36.6 Å². The van der Waals surface area contributed by atoms with E-state index in [0.29, 0.717) is 13.0 Å². The smallest absolute Gasteiger partial charge is 0.326 e. The van der Waals surface area contributed by atoms with Crippen LogP contribution in [0.2, 0.25) is 0 Å². The minimum atomic E-state index is -0.936. The molecule has 0 bridgehead atoms. The van der Waals surface area contributed by atoms with Crippen molar-refractivity contribution in [3.63, 3.8) is 0 Å². The van der Waals surface area contributed by atoms with E-state index in [0.717, 1.165) is 17.7 Å². The molecule has 1 saturated heterocycles. The van der Waals surface area contributed by atoms with Crippen molar-refractivity contribution in [1.29, 1.82) is 0 Å². The molecule has 106 valence electrons. The first-order valence-corrected chi connectivity index (χ1v) is 6.47. The first-order valence-electron chi connectivity index (χ1n) is 6.47. The number of carboxylic acids is 1. The Morgan fingerprint density at radius 1 is 1.35 bits per heavy atom. The highest BCUT2D eigenvalue weighted by Gasteiger charge is 2.32. The largest absolute Gasteiger partial charge is 0.497 e. The molecule has 0 aromatic heterocycles. The standard InChI is InChI=1S/C15H17NO4/c1-20-12-7-4-11(5-8-12)6-9-14(17)16-10-2-3-13(16)15(18)19/h4-9,13H,2-3,10H2,1H3,(H,18,19)/t13-/m1/s1. The van der Waals surface area contributed by atoms with Gasteiger partial charge in [-0.15, -0.1) is 0 Å². The number of amides is 1. The lowest BCUT2D eigenvalue weighted by molar-refractivity contribution is -0.146. The molecule has 1 aromatic rings. The molecule has 1 fully saturated rings. The summed E-state index contributed by atoms with van der Waals surface area (Å²) in [6, 6.07) is 6.59. The zero-order chi connectivity index (χ0) is 14.5. The summed E-state index contributed by atoms with van der Waals surface area (Å²) in [5, 5.41) is 9.04. The van der Waals surface area contributed by atoms with Crippen molar-refractivity contribution >= 4 is 18.0 Å². The number of hydrogen-bond donors (Lipinski definition) is 1. The van der Waals surface area contributed by atoms with Crippen LogP contribution in [0.4, 0.5) is 0 Å².